The van der Waals surface area contributed by atoms with Crippen molar-refractivity contribution < 1.29 is 27.8 Å². The molecule has 1 fully saturated rings. The first-order chi connectivity index (χ1) is 20.0. The van der Waals surface area contributed by atoms with E-state index < -0.39 is 23.5 Å². The molecular weight excluding hydrogens is 547 g/mol. The number of nitrogens with one attached hydrogen (secondary N) is 1. The third-order valence-electron chi connectivity index (χ3n) is 7.85. The number of halogens is 3. The molecule has 1 aliphatic carbocycles. The van der Waals surface area contributed by atoms with Gasteiger partial charge in [0.15, 0.2) is 11.5 Å². The Morgan fingerprint density at radius 3 is 2.38 bits per heavy atom. The second kappa shape index (κ2) is 11.6. The number of aromatic carboxylic acids is 1. The van der Waals surface area contributed by atoms with Crippen LogP contribution in [0.15, 0.2) is 42.5 Å². The average molecular weight is 582 g/mol. The molecule has 5 rings (SSSR count). The first-order valence-corrected chi connectivity index (χ1v) is 14.2. The zero-order valence-corrected chi connectivity index (χ0v) is 24.0. The van der Waals surface area contributed by atoms with Crippen molar-refractivity contribution in [2.75, 3.05) is 11.9 Å². The van der Waals surface area contributed by atoms with Gasteiger partial charge in [-0.05, 0) is 73.9 Å². The largest absolute Gasteiger partial charge is 0.493 e. The van der Waals surface area contributed by atoms with Gasteiger partial charge in [-0.15, -0.1) is 0 Å². The lowest BCUT2D eigenvalue weighted by molar-refractivity contribution is -0.137. The standard InChI is InChI=1S/C31H34F3N5O3/c1-5-42-24-14-11-21(17(2)3)15-23(24)29-38-27-25(39(29)16-19-9-12-22(13-10-19)31(32,33)34)26(36-28(37-27)30(40)41)35-18(4)20-7-6-8-20/h9-15,17-18,20H,5-8,16H2,1-4H3,(H,40,41)(H,35,36,37)/t18-/m1/s1. The predicted molar refractivity (Wildman–Crippen MR) is 154 cm³/mol. The number of carboxylic acids is 1. The number of carboxylic acid groups (broad SMARTS) is 1. The highest BCUT2D eigenvalue weighted by atomic mass is 19.4. The normalized spacial score (nSPS) is 14.7. The molecule has 2 aromatic carbocycles. The first kappa shape index (κ1) is 29.3. The Hall–Kier alpha value is -4.15. The van der Waals surface area contributed by atoms with Crippen LogP contribution >= 0.6 is 0 Å². The molecule has 222 valence electrons. The summed E-state index contributed by atoms with van der Waals surface area (Å²) in [5.74, 6) is 0.291. The third-order valence-corrected chi connectivity index (χ3v) is 7.85. The second-order valence-corrected chi connectivity index (χ2v) is 11.1. The Kier molecular flexibility index (Phi) is 8.12. The van der Waals surface area contributed by atoms with Crippen LogP contribution in [0.25, 0.3) is 22.6 Å². The average Bonchev–Trinajstić information content (AvgIpc) is 3.25. The zero-order valence-electron chi connectivity index (χ0n) is 24.0. The van der Waals surface area contributed by atoms with Crippen LogP contribution in [-0.2, 0) is 12.7 Å². The van der Waals surface area contributed by atoms with Crippen molar-refractivity contribution in [2.24, 2.45) is 5.92 Å². The molecule has 0 amide bonds. The summed E-state index contributed by atoms with van der Waals surface area (Å²) in [4.78, 5) is 25.5. The van der Waals surface area contributed by atoms with Gasteiger partial charge in [0.05, 0.1) is 17.7 Å². The molecule has 4 aromatic rings. The van der Waals surface area contributed by atoms with E-state index in [1.807, 2.05) is 36.6 Å². The molecule has 2 heterocycles. The van der Waals surface area contributed by atoms with Crippen molar-refractivity contribution in [3.63, 3.8) is 0 Å². The van der Waals surface area contributed by atoms with Crippen LogP contribution in [0.5, 0.6) is 5.75 Å². The molecule has 2 N–H and O–H groups in total. The van der Waals surface area contributed by atoms with Crippen molar-refractivity contribution in [3.8, 4) is 17.1 Å². The molecule has 8 nitrogen and oxygen atoms in total. The van der Waals surface area contributed by atoms with Gasteiger partial charge in [-0.3, -0.25) is 0 Å². The Morgan fingerprint density at radius 1 is 1.10 bits per heavy atom. The van der Waals surface area contributed by atoms with Gasteiger partial charge in [0.25, 0.3) is 0 Å². The molecule has 0 saturated heterocycles. The lowest BCUT2D eigenvalue weighted by Crippen LogP contribution is -2.31. The topological polar surface area (TPSA) is 102 Å². The van der Waals surface area contributed by atoms with E-state index in [-0.39, 0.29) is 24.2 Å². The van der Waals surface area contributed by atoms with E-state index in [2.05, 4.69) is 29.1 Å². The maximum Gasteiger partial charge on any atom is 0.416 e. The Morgan fingerprint density at radius 2 is 1.81 bits per heavy atom. The fraction of sp³-hybridized carbons (Fsp3) is 0.419. The van der Waals surface area contributed by atoms with E-state index >= 15 is 0 Å². The molecular formula is C31H34F3N5O3. The summed E-state index contributed by atoms with van der Waals surface area (Å²) in [6, 6.07) is 10.8. The summed E-state index contributed by atoms with van der Waals surface area (Å²) < 4.78 is 47.7. The summed E-state index contributed by atoms with van der Waals surface area (Å²) in [7, 11) is 0. The number of rotatable bonds is 10. The number of hydrogen-bond acceptors (Lipinski definition) is 6. The Bertz CT molecular complexity index is 1590. The third kappa shape index (κ3) is 5.91. The van der Waals surface area contributed by atoms with Gasteiger partial charge in [0.2, 0.25) is 5.82 Å². The van der Waals surface area contributed by atoms with E-state index in [9.17, 15) is 23.1 Å². The Balaban J connectivity index is 1.75. The van der Waals surface area contributed by atoms with Gasteiger partial charge in [-0.25, -0.2) is 19.7 Å². The summed E-state index contributed by atoms with van der Waals surface area (Å²) in [6.07, 6.45) is -1.20. The summed E-state index contributed by atoms with van der Waals surface area (Å²) in [5, 5.41) is 13.2. The van der Waals surface area contributed by atoms with E-state index in [1.54, 1.807) is 0 Å². The van der Waals surface area contributed by atoms with Crippen LogP contribution in [0.2, 0.25) is 0 Å². The van der Waals surface area contributed by atoms with E-state index in [0.717, 1.165) is 37.0 Å². The van der Waals surface area contributed by atoms with Crippen molar-refractivity contribution in [1.29, 1.82) is 0 Å². The zero-order chi connectivity index (χ0) is 30.2. The second-order valence-electron chi connectivity index (χ2n) is 11.1. The number of imidazole rings is 1. The van der Waals surface area contributed by atoms with Crippen molar-refractivity contribution in [3.05, 3.63) is 65.0 Å². The molecule has 0 spiro atoms. The molecule has 0 unspecified atom stereocenters. The number of benzene rings is 2. The molecule has 1 saturated carbocycles. The smallest absolute Gasteiger partial charge is 0.416 e. The molecule has 2 aromatic heterocycles. The van der Waals surface area contributed by atoms with Crippen LogP contribution in [-0.4, -0.2) is 43.2 Å². The van der Waals surface area contributed by atoms with Gasteiger partial charge < -0.3 is 19.7 Å². The molecule has 11 heteroatoms. The van der Waals surface area contributed by atoms with Crippen molar-refractivity contribution in [2.45, 2.75) is 71.6 Å². The molecule has 1 atom stereocenters. The summed E-state index contributed by atoms with van der Waals surface area (Å²) in [6.45, 7) is 8.60. The number of ether oxygens (including phenoxy) is 1. The molecule has 0 bridgehead atoms. The van der Waals surface area contributed by atoms with Gasteiger partial charge in [0, 0.05) is 12.6 Å². The lowest BCUT2D eigenvalue weighted by atomic mass is 9.80. The number of nitrogens with zero attached hydrogens (tertiary/aromatic N) is 4. The number of anilines is 1. The van der Waals surface area contributed by atoms with Gasteiger partial charge in [-0.1, -0.05) is 38.5 Å². The fourth-order valence-electron chi connectivity index (χ4n) is 5.21. The molecule has 0 aliphatic heterocycles. The number of alkyl halides is 3. The minimum atomic E-state index is -4.45. The van der Waals surface area contributed by atoms with Gasteiger partial charge in [-0.2, -0.15) is 13.2 Å². The van der Waals surface area contributed by atoms with Crippen LogP contribution in [0, 0.1) is 5.92 Å². The molecule has 0 radical (unpaired) electrons. The molecule has 1 aliphatic rings. The predicted octanol–water partition coefficient (Wildman–Crippen LogP) is 7.38. The van der Waals surface area contributed by atoms with Crippen molar-refractivity contribution in [1.82, 2.24) is 19.5 Å². The maximum atomic E-state index is 13.3. The number of hydrogen-bond donors (Lipinski definition) is 2. The van der Waals surface area contributed by atoms with Gasteiger partial charge >= 0.3 is 12.1 Å². The highest BCUT2D eigenvalue weighted by Gasteiger charge is 2.31. The van der Waals surface area contributed by atoms with Crippen molar-refractivity contribution >= 4 is 23.0 Å². The Labute approximate surface area is 242 Å². The van der Waals surface area contributed by atoms with Gasteiger partial charge in [0.1, 0.15) is 17.1 Å². The minimum absolute atomic E-state index is 0.0135. The van der Waals surface area contributed by atoms with E-state index in [1.165, 1.54) is 12.1 Å². The molecule has 42 heavy (non-hydrogen) atoms. The van der Waals surface area contributed by atoms with Crippen LogP contribution in [0.3, 0.4) is 0 Å². The number of aromatic nitrogens is 4. The SMILES string of the molecule is CCOc1ccc(C(C)C)cc1-c1nc2nc(C(=O)O)nc(N[C@H](C)C3CCC3)c2n1Cc1ccc(C(F)(F)F)cc1. The highest BCUT2D eigenvalue weighted by Crippen LogP contribution is 2.38. The van der Waals surface area contributed by atoms with E-state index in [4.69, 9.17) is 9.72 Å². The maximum absolute atomic E-state index is 13.3. The first-order valence-electron chi connectivity index (χ1n) is 14.2. The van der Waals surface area contributed by atoms with Crippen LogP contribution in [0.4, 0.5) is 19.0 Å². The van der Waals surface area contributed by atoms with E-state index in [0.29, 0.717) is 46.6 Å². The minimum Gasteiger partial charge on any atom is -0.493 e. The number of fused-ring (bicyclic) bond motifs is 1. The summed E-state index contributed by atoms with van der Waals surface area (Å²) in [5.41, 5.74) is 2.21. The highest BCUT2D eigenvalue weighted by molar-refractivity contribution is 5.92. The van der Waals surface area contributed by atoms with Crippen LogP contribution in [0.1, 0.15) is 80.2 Å². The fourth-order valence-corrected chi connectivity index (χ4v) is 5.21. The lowest BCUT2D eigenvalue weighted by Gasteiger charge is -2.32. The monoisotopic (exact) mass is 581 g/mol. The van der Waals surface area contributed by atoms with Crippen LogP contribution < -0.4 is 10.1 Å². The quantitative estimate of drug-likeness (QED) is 0.201. The number of carbonyl (C=O) groups is 1. The summed E-state index contributed by atoms with van der Waals surface area (Å²) >= 11 is 0.